The molecule has 1 heterocycles. The van der Waals surface area contributed by atoms with Gasteiger partial charge >= 0.3 is 0 Å². The SMILES string of the molecule is CCc1ccc(OCCc2cncnc2)cc1. The van der Waals surface area contributed by atoms with Gasteiger partial charge < -0.3 is 4.74 Å². The molecule has 0 bridgehead atoms. The fourth-order valence-electron chi connectivity index (χ4n) is 1.57. The molecule has 1 aromatic carbocycles. The van der Waals surface area contributed by atoms with Gasteiger partial charge in [0.05, 0.1) is 6.61 Å². The fraction of sp³-hybridized carbons (Fsp3) is 0.286. The van der Waals surface area contributed by atoms with Crippen molar-refractivity contribution >= 4 is 0 Å². The second kappa shape index (κ2) is 5.99. The molecule has 0 atom stereocenters. The third-order valence-electron chi connectivity index (χ3n) is 2.61. The molecule has 0 saturated heterocycles. The molecular formula is C14H16N2O. The second-order valence-corrected chi connectivity index (χ2v) is 3.84. The number of ether oxygens (including phenoxy) is 1. The van der Waals surface area contributed by atoms with Crippen LogP contribution in [0.1, 0.15) is 18.1 Å². The van der Waals surface area contributed by atoms with E-state index in [0.29, 0.717) is 6.61 Å². The third kappa shape index (κ3) is 3.55. The highest BCUT2D eigenvalue weighted by Gasteiger charge is 1.96. The van der Waals surface area contributed by atoms with Crippen molar-refractivity contribution < 1.29 is 4.74 Å². The second-order valence-electron chi connectivity index (χ2n) is 3.84. The first-order valence-electron chi connectivity index (χ1n) is 5.84. The van der Waals surface area contributed by atoms with Crippen LogP contribution in [0.4, 0.5) is 0 Å². The van der Waals surface area contributed by atoms with Crippen LogP contribution in [-0.4, -0.2) is 16.6 Å². The maximum atomic E-state index is 5.65. The van der Waals surface area contributed by atoms with Crippen LogP contribution in [0.5, 0.6) is 5.75 Å². The molecular weight excluding hydrogens is 212 g/mol. The van der Waals surface area contributed by atoms with E-state index in [1.807, 2.05) is 24.5 Å². The van der Waals surface area contributed by atoms with Crippen LogP contribution in [0, 0.1) is 0 Å². The van der Waals surface area contributed by atoms with Gasteiger partial charge in [0.1, 0.15) is 12.1 Å². The minimum absolute atomic E-state index is 0.652. The molecule has 0 amide bonds. The monoisotopic (exact) mass is 228 g/mol. The molecule has 0 spiro atoms. The van der Waals surface area contributed by atoms with Crippen LogP contribution in [0.25, 0.3) is 0 Å². The number of aromatic nitrogens is 2. The lowest BCUT2D eigenvalue weighted by atomic mass is 10.2. The van der Waals surface area contributed by atoms with E-state index < -0.39 is 0 Å². The predicted molar refractivity (Wildman–Crippen MR) is 67.1 cm³/mol. The summed E-state index contributed by atoms with van der Waals surface area (Å²) in [4.78, 5) is 7.93. The Kier molecular flexibility index (Phi) is 4.08. The van der Waals surface area contributed by atoms with E-state index in [0.717, 1.165) is 24.2 Å². The summed E-state index contributed by atoms with van der Waals surface area (Å²) in [5.74, 6) is 0.916. The molecule has 0 aliphatic carbocycles. The molecule has 0 aliphatic rings. The van der Waals surface area contributed by atoms with Crippen LogP contribution >= 0.6 is 0 Å². The van der Waals surface area contributed by atoms with Crippen molar-refractivity contribution in [3.8, 4) is 5.75 Å². The Morgan fingerprint density at radius 2 is 1.71 bits per heavy atom. The molecule has 0 radical (unpaired) electrons. The van der Waals surface area contributed by atoms with Gasteiger partial charge in [0.15, 0.2) is 0 Å². The maximum absolute atomic E-state index is 5.65. The molecule has 0 aliphatic heterocycles. The first-order chi connectivity index (χ1) is 8.38. The minimum Gasteiger partial charge on any atom is -0.493 e. The highest BCUT2D eigenvalue weighted by molar-refractivity contribution is 5.27. The van der Waals surface area contributed by atoms with Gasteiger partial charge in [-0.2, -0.15) is 0 Å². The zero-order valence-electron chi connectivity index (χ0n) is 9.97. The zero-order valence-corrected chi connectivity index (χ0v) is 9.97. The molecule has 2 rings (SSSR count). The Morgan fingerprint density at radius 1 is 1.00 bits per heavy atom. The lowest BCUT2D eigenvalue weighted by molar-refractivity contribution is 0.321. The molecule has 17 heavy (non-hydrogen) atoms. The number of hydrogen-bond acceptors (Lipinski definition) is 3. The summed E-state index contributed by atoms with van der Waals surface area (Å²) in [6, 6.07) is 8.22. The van der Waals surface area contributed by atoms with E-state index in [1.54, 1.807) is 0 Å². The summed E-state index contributed by atoms with van der Waals surface area (Å²) >= 11 is 0. The average molecular weight is 228 g/mol. The zero-order chi connectivity index (χ0) is 11.9. The summed E-state index contributed by atoms with van der Waals surface area (Å²) in [5, 5.41) is 0. The Morgan fingerprint density at radius 3 is 2.35 bits per heavy atom. The van der Waals surface area contributed by atoms with Crippen LogP contribution in [0.15, 0.2) is 43.0 Å². The summed E-state index contributed by atoms with van der Waals surface area (Å²) in [5.41, 5.74) is 2.42. The summed E-state index contributed by atoms with van der Waals surface area (Å²) < 4.78 is 5.65. The van der Waals surface area contributed by atoms with Crippen molar-refractivity contribution in [1.29, 1.82) is 0 Å². The molecule has 0 N–H and O–H groups in total. The van der Waals surface area contributed by atoms with E-state index >= 15 is 0 Å². The van der Waals surface area contributed by atoms with Gasteiger partial charge in [-0.15, -0.1) is 0 Å². The Labute approximate surface area is 102 Å². The lowest BCUT2D eigenvalue weighted by Gasteiger charge is -2.06. The Bertz CT molecular complexity index is 440. The van der Waals surface area contributed by atoms with E-state index in [9.17, 15) is 0 Å². The van der Waals surface area contributed by atoms with Gasteiger partial charge in [-0.25, -0.2) is 9.97 Å². The number of benzene rings is 1. The number of nitrogens with zero attached hydrogens (tertiary/aromatic N) is 2. The first kappa shape index (κ1) is 11.6. The lowest BCUT2D eigenvalue weighted by Crippen LogP contribution is -2.02. The molecule has 0 fully saturated rings. The fourth-order valence-corrected chi connectivity index (χ4v) is 1.57. The van der Waals surface area contributed by atoms with Crippen molar-refractivity contribution in [2.75, 3.05) is 6.61 Å². The molecule has 2 aromatic rings. The van der Waals surface area contributed by atoms with Gasteiger partial charge in [0.2, 0.25) is 0 Å². The molecule has 88 valence electrons. The van der Waals surface area contributed by atoms with Crippen molar-refractivity contribution in [1.82, 2.24) is 9.97 Å². The van der Waals surface area contributed by atoms with Gasteiger partial charge in [-0.05, 0) is 29.7 Å². The number of rotatable bonds is 5. The number of hydrogen-bond donors (Lipinski definition) is 0. The molecule has 0 unspecified atom stereocenters. The Hall–Kier alpha value is -1.90. The largest absolute Gasteiger partial charge is 0.493 e. The first-order valence-corrected chi connectivity index (χ1v) is 5.84. The number of aryl methyl sites for hydroxylation is 1. The maximum Gasteiger partial charge on any atom is 0.119 e. The molecule has 0 saturated carbocycles. The van der Waals surface area contributed by atoms with Crippen LogP contribution in [-0.2, 0) is 12.8 Å². The van der Waals surface area contributed by atoms with Crippen molar-refractivity contribution in [2.24, 2.45) is 0 Å². The van der Waals surface area contributed by atoms with Crippen LogP contribution in [0.3, 0.4) is 0 Å². The Balaban J connectivity index is 1.82. The third-order valence-corrected chi connectivity index (χ3v) is 2.61. The van der Waals surface area contributed by atoms with Crippen molar-refractivity contribution in [2.45, 2.75) is 19.8 Å². The average Bonchev–Trinajstić information content (AvgIpc) is 2.41. The van der Waals surface area contributed by atoms with Crippen LogP contribution in [0.2, 0.25) is 0 Å². The van der Waals surface area contributed by atoms with Crippen LogP contribution < -0.4 is 4.74 Å². The highest BCUT2D eigenvalue weighted by atomic mass is 16.5. The summed E-state index contributed by atoms with van der Waals surface area (Å²) in [7, 11) is 0. The minimum atomic E-state index is 0.652. The molecule has 3 heteroatoms. The molecule has 1 aromatic heterocycles. The van der Waals surface area contributed by atoms with Gasteiger partial charge in [0.25, 0.3) is 0 Å². The quantitative estimate of drug-likeness (QED) is 0.789. The summed E-state index contributed by atoms with van der Waals surface area (Å²) in [6.45, 7) is 2.80. The topological polar surface area (TPSA) is 35.0 Å². The van der Waals surface area contributed by atoms with Gasteiger partial charge in [-0.1, -0.05) is 19.1 Å². The van der Waals surface area contributed by atoms with Crippen molar-refractivity contribution in [3.63, 3.8) is 0 Å². The normalized spacial score (nSPS) is 10.2. The van der Waals surface area contributed by atoms with Crippen molar-refractivity contribution in [3.05, 3.63) is 54.1 Å². The summed E-state index contributed by atoms with van der Waals surface area (Å²) in [6.07, 6.45) is 7.05. The standard InChI is InChI=1S/C14H16N2O/c1-2-12-3-5-14(6-4-12)17-8-7-13-9-15-11-16-10-13/h3-6,9-11H,2,7-8H2,1H3. The van der Waals surface area contributed by atoms with E-state index in [2.05, 4.69) is 29.0 Å². The van der Waals surface area contributed by atoms with Gasteiger partial charge in [0, 0.05) is 18.8 Å². The van der Waals surface area contributed by atoms with E-state index in [1.165, 1.54) is 11.9 Å². The predicted octanol–water partition coefficient (Wildman–Crippen LogP) is 2.66. The van der Waals surface area contributed by atoms with E-state index in [-0.39, 0.29) is 0 Å². The highest BCUT2D eigenvalue weighted by Crippen LogP contribution is 2.12. The smallest absolute Gasteiger partial charge is 0.119 e. The van der Waals surface area contributed by atoms with E-state index in [4.69, 9.17) is 4.74 Å². The molecule has 3 nitrogen and oxygen atoms in total. The van der Waals surface area contributed by atoms with Gasteiger partial charge in [-0.3, -0.25) is 0 Å².